The topological polar surface area (TPSA) is 118 Å². The SMILES string of the molecule is Cn1cnc2cc(C(=O)Nc3ccc(F)c(N(S(=O)(=O)c4ccccc4)S(=O)(=O)c4ccccc4)c3)ccc21. The Balaban J connectivity index is 1.60. The summed E-state index contributed by atoms with van der Waals surface area (Å²) in [6.07, 6.45) is 1.60. The lowest BCUT2D eigenvalue weighted by Crippen LogP contribution is -2.37. The maximum absolute atomic E-state index is 15.3. The van der Waals surface area contributed by atoms with E-state index >= 15 is 4.39 Å². The highest BCUT2D eigenvalue weighted by molar-refractivity contribution is 8.10. The molecule has 1 heterocycles. The maximum atomic E-state index is 15.3. The van der Waals surface area contributed by atoms with Gasteiger partial charge < -0.3 is 9.88 Å². The van der Waals surface area contributed by atoms with Crippen LogP contribution in [0.1, 0.15) is 10.4 Å². The second-order valence-corrected chi connectivity index (χ2v) is 12.3. The average Bonchev–Trinajstić information content (AvgIpc) is 3.31. The molecule has 0 bridgehead atoms. The summed E-state index contributed by atoms with van der Waals surface area (Å²) in [6.45, 7) is 0. The van der Waals surface area contributed by atoms with Crippen molar-refractivity contribution in [1.82, 2.24) is 9.55 Å². The van der Waals surface area contributed by atoms with Crippen molar-refractivity contribution in [3.63, 3.8) is 0 Å². The molecule has 39 heavy (non-hydrogen) atoms. The molecule has 0 aliphatic rings. The molecule has 0 atom stereocenters. The van der Waals surface area contributed by atoms with E-state index in [1.54, 1.807) is 41.2 Å². The summed E-state index contributed by atoms with van der Waals surface area (Å²) in [4.78, 5) is 16.5. The second kappa shape index (κ2) is 9.97. The van der Waals surface area contributed by atoms with E-state index in [0.717, 1.165) is 17.6 Å². The van der Waals surface area contributed by atoms with Gasteiger partial charge in [-0.25, -0.2) is 26.2 Å². The van der Waals surface area contributed by atoms with Gasteiger partial charge in [0.25, 0.3) is 26.0 Å². The average molecular weight is 565 g/mol. The van der Waals surface area contributed by atoms with Crippen molar-refractivity contribution in [2.75, 3.05) is 9.03 Å². The Morgan fingerprint density at radius 1 is 0.821 bits per heavy atom. The molecule has 0 aliphatic heterocycles. The van der Waals surface area contributed by atoms with Crippen LogP contribution in [0.3, 0.4) is 0 Å². The number of carbonyl (C=O) groups excluding carboxylic acids is 1. The first-order chi connectivity index (χ1) is 18.6. The van der Waals surface area contributed by atoms with Gasteiger partial charge in [0.2, 0.25) is 0 Å². The van der Waals surface area contributed by atoms with Gasteiger partial charge >= 0.3 is 0 Å². The molecule has 4 aromatic carbocycles. The number of anilines is 2. The van der Waals surface area contributed by atoms with Gasteiger partial charge in [-0.2, -0.15) is 3.71 Å². The number of aromatic nitrogens is 2. The quantitative estimate of drug-likeness (QED) is 0.310. The van der Waals surface area contributed by atoms with Crippen LogP contribution >= 0.6 is 0 Å². The number of hydrogen-bond acceptors (Lipinski definition) is 6. The summed E-state index contributed by atoms with van der Waals surface area (Å²) >= 11 is 0. The number of halogens is 1. The van der Waals surface area contributed by atoms with E-state index in [9.17, 15) is 21.6 Å². The predicted octanol–water partition coefficient (Wildman–Crippen LogP) is 4.55. The lowest BCUT2D eigenvalue weighted by molar-refractivity contribution is 0.102. The van der Waals surface area contributed by atoms with Crippen LogP contribution in [0.2, 0.25) is 0 Å². The molecule has 0 spiro atoms. The van der Waals surface area contributed by atoms with Gasteiger partial charge in [-0.15, -0.1) is 0 Å². The third-order valence-electron chi connectivity index (χ3n) is 5.91. The fourth-order valence-corrected chi connectivity index (χ4v) is 7.71. The minimum Gasteiger partial charge on any atom is -0.334 e. The number of rotatable bonds is 7. The van der Waals surface area contributed by atoms with E-state index < -0.39 is 37.5 Å². The number of amides is 1. The van der Waals surface area contributed by atoms with Crippen molar-refractivity contribution < 1.29 is 26.0 Å². The van der Waals surface area contributed by atoms with E-state index in [2.05, 4.69) is 10.3 Å². The van der Waals surface area contributed by atoms with Gasteiger partial charge in [0.1, 0.15) is 11.5 Å². The first-order valence-electron chi connectivity index (χ1n) is 11.5. The Morgan fingerprint density at radius 2 is 1.41 bits per heavy atom. The summed E-state index contributed by atoms with van der Waals surface area (Å²) in [6, 6.07) is 21.6. The number of nitrogens with one attached hydrogen (secondary N) is 1. The molecule has 0 saturated carbocycles. The number of sulfonamides is 2. The molecule has 5 aromatic rings. The first-order valence-corrected chi connectivity index (χ1v) is 14.4. The monoisotopic (exact) mass is 564 g/mol. The van der Waals surface area contributed by atoms with Crippen molar-refractivity contribution in [3.05, 3.63) is 115 Å². The van der Waals surface area contributed by atoms with Crippen LogP contribution in [0.5, 0.6) is 0 Å². The molecule has 1 aromatic heterocycles. The van der Waals surface area contributed by atoms with Gasteiger partial charge in [0.15, 0.2) is 0 Å². The lowest BCUT2D eigenvalue weighted by Gasteiger charge is -2.25. The molecule has 198 valence electrons. The van der Waals surface area contributed by atoms with Crippen LogP contribution in [-0.2, 0) is 27.1 Å². The van der Waals surface area contributed by atoms with Crippen molar-refractivity contribution in [1.29, 1.82) is 0 Å². The maximum Gasteiger partial charge on any atom is 0.277 e. The molecule has 0 fully saturated rings. The third-order valence-corrected chi connectivity index (χ3v) is 10.1. The molecular formula is C27H21FN4O5S2. The molecule has 0 aliphatic carbocycles. The Bertz CT molecular complexity index is 1840. The van der Waals surface area contributed by atoms with Crippen LogP contribution < -0.4 is 9.03 Å². The fraction of sp³-hybridized carbons (Fsp3) is 0.0370. The Morgan fingerprint density at radius 3 is 2.00 bits per heavy atom. The zero-order valence-corrected chi connectivity index (χ0v) is 22.0. The molecule has 0 unspecified atom stereocenters. The van der Waals surface area contributed by atoms with Crippen molar-refractivity contribution >= 4 is 48.4 Å². The molecule has 1 amide bonds. The highest BCUT2D eigenvalue weighted by Crippen LogP contribution is 2.34. The lowest BCUT2D eigenvalue weighted by atomic mass is 10.1. The molecule has 12 heteroatoms. The fourth-order valence-electron chi connectivity index (χ4n) is 3.98. The number of carbonyl (C=O) groups is 1. The summed E-state index contributed by atoms with van der Waals surface area (Å²) < 4.78 is 71.8. The zero-order valence-electron chi connectivity index (χ0n) is 20.4. The molecule has 5 rings (SSSR count). The number of imidazole rings is 1. The number of fused-ring (bicyclic) bond motifs is 1. The highest BCUT2D eigenvalue weighted by Gasteiger charge is 2.38. The van der Waals surface area contributed by atoms with Crippen LogP contribution in [-0.4, -0.2) is 32.3 Å². The van der Waals surface area contributed by atoms with Gasteiger partial charge in [0.05, 0.1) is 27.2 Å². The van der Waals surface area contributed by atoms with Crippen LogP contribution in [0.25, 0.3) is 11.0 Å². The smallest absolute Gasteiger partial charge is 0.277 e. The predicted molar refractivity (Wildman–Crippen MR) is 145 cm³/mol. The van der Waals surface area contributed by atoms with E-state index in [1.807, 2.05) is 7.05 Å². The second-order valence-electron chi connectivity index (χ2n) is 8.51. The molecular weight excluding hydrogens is 543 g/mol. The van der Waals surface area contributed by atoms with Gasteiger partial charge in [-0.3, -0.25) is 4.79 Å². The minimum atomic E-state index is -4.82. The van der Waals surface area contributed by atoms with Gasteiger partial charge in [0, 0.05) is 18.3 Å². The van der Waals surface area contributed by atoms with Gasteiger partial charge in [-0.1, -0.05) is 36.4 Å². The van der Waals surface area contributed by atoms with E-state index in [0.29, 0.717) is 5.52 Å². The summed E-state index contributed by atoms with van der Waals surface area (Å²) in [5, 5.41) is 2.58. The van der Waals surface area contributed by atoms with Crippen LogP contribution in [0, 0.1) is 5.82 Å². The highest BCUT2D eigenvalue weighted by atomic mass is 32.3. The van der Waals surface area contributed by atoms with Crippen molar-refractivity contribution in [2.45, 2.75) is 9.79 Å². The zero-order chi connectivity index (χ0) is 27.8. The largest absolute Gasteiger partial charge is 0.334 e. The molecule has 9 nitrogen and oxygen atoms in total. The third kappa shape index (κ3) is 4.87. The van der Waals surface area contributed by atoms with Crippen molar-refractivity contribution in [2.24, 2.45) is 7.05 Å². The summed E-state index contributed by atoms with van der Waals surface area (Å²) in [5.74, 6) is -1.70. The first kappa shape index (κ1) is 26.1. The Labute approximate surface area is 224 Å². The number of nitrogens with zero attached hydrogens (tertiary/aromatic N) is 3. The van der Waals surface area contributed by atoms with E-state index in [4.69, 9.17) is 0 Å². The van der Waals surface area contributed by atoms with Crippen LogP contribution in [0.15, 0.2) is 113 Å². The Hall–Kier alpha value is -4.55. The standard InChI is InChI=1S/C27H21FN4O5S2/c1-31-18-29-24-16-19(12-15-25(24)31)27(33)30-20-13-14-23(28)26(17-20)32(38(34,35)21-8-4-2-5-9-21)39(36,37)22-10-6-3-7-11-22/h2-18H,1H3,(H,30,33). The summed E-state index contributed by atoms with van der Waals surface area (Å²) in [5.41, 5.74) is 0.843. The Kier molecular flexibility index (Phi) is 6.66. The molecule has 1 N–H and O–H groups in total. The number of aryl methyl sites for hydroxylation is 1. The minimum absolute atomic E-state index is 0.0194. The van der Waals surface area contributed by atoms with Gasteiger partial charge in [-0.05, 0) is 60.7 Å². The van der Waals surface area contributed by atoms with E-state index in [-0.39, 0.29) is 24.8 Å². The molecule has 0 radical (unpaired) electrons. The van der Waals surface area contributed by atoms with Crippen LogP contribution in [0.4, 0.5) is 15.8 Å². The number of benzene rings is 4. The van der Waals surface area contributed by atoms with E-state index in [1.165, 1.54) is 54.6 Å². The number of hydrogen-bond donors (Lipinski definition) is 1. The normalized spacial score (nSPS) is 11.8. The summed E-state index contributed by atoms with van der Waals surface area (Å²) in [7, 11) is -7.83. The van der Waals surface area contributed by atoms with Crippen molar-refractivity contribution in [3.8, 4) is 0 Å². The molecule has 0 saturated heterocycles.